The Morgan fingerprint density at radius 1 is 1.28 bits per heavy atom. The number of rotatable bonds is 7. The molecule has 4 rings (SSSR count). The van der Waals surface area contributed by atoms with Gasteiger partial charge in [0.1, 0.15) is 12.4 Å². The quantitative estimate of drug-likeness (QED) is 0.539. The molecule has 2 aromatic rings. The Labute approximate surface area is 198 Å². The molecule has 2 fully saturated rings. The number of carbonyl (C=O) groups excluding carboxylic acids is 1. The Hall–Kier alpha value is -1.77. The number of halogens is 1. The van der Waals surface area contributed by atoms with Gasteiger partial charge in [-0.3, -0.25) is 9.36 Å². The molecule has 1 saturated carbocycles. The van der Waals surface area contributed by atoms with Crippen molar-refractivity contribution in [2.24, 2.45) is 0 Å². The number of morpholine rings is 1. The van der Waals surface area contributed by atoms with E-state index in [-0.39, 0.29) is 12.0 Å². The topological polar surface area (TPSA) is 69.5 Å². The molecule has 9 heteroatoms. The lowest BCUT2D eigenvalue weighted by atomic mass is 9.95. The van der Waals surface area contributed by atoms with Crippen LogP contribution < -0.4 is 4.74 Å². The Bertz CT molecular complexity index is 932. The summed E-state index contributed by atoms with van der Waals surface area (Å²) in [7, 11) is 0. The summed E-state index contributed by atoms with van der Waals surface area (Å²) in [5, 5.41) is 10.4. The Balaban J connectivity index is 1.46. The maximum absolute atomic E-state index is 12.7. The predicted octanol–water partition coefficient (Wildman–Crippen LogP) is 4.66. The van der Waals surface area contributed by atoms with E-state index in [0.717, 1.165) is 35.1 Å². The van der Waals surface area contributed by atoms with Crippen molar-refractivity contribution >= 4 is 29.3 Å². The molecule has 2 aliphatic rings. The highest BCUT2D eigenvalue weighted by atomic mass is 35.5. The molecule has 32 heavy (non-hydrogen) atoms. The first kappa shape index (κ1) is 23.4. The maximum Gasteiger partial charge on any atom is 0.233 e. The molecular formula is C23H31ClN4O3S. The third-order valence-corrected chi connectivity index (χ3v) is 7.25. The first-order valence-electron chi connectivity index (χ1n) is 11.4. The number of hydrogen-bond donors (Lipinski definition) is 0. The molecule has 1 unspecified atom stereocenters. The molecule has 0 N–H and O–H groups in total. The second kappa shape index (κ2) is 10.9. The number of carbonyl (C=O) groups is 1. The van der Waals surface area contributed by atoms with E-state index < -0.39 is 0 Å². The van der Waals surface area contributed by atoms with Crippen LogP contribution in [0, 0.1) is 6.92 Å². The lowest BCUT2D eigenvalue weighted by Crippen LogP contribution is -2.45. The third-order valence-electron chi connectivity index (χ3n) is 6.09. The molecule has 1 aromatic heterocycles. The van der Waals surface area contributed by atoms with Crippen molar-refractivity contribution in [1.29, 1.82) is 0 Å². The zero-order valence-corrected chi connectivity index (χ0v) is 20.3. The summed E-state index contributed by atoms with van der Waals surface area (Å²) in [6.07, 6.45) is 5.97. The minimum absolute atomic E-state index is 0.0867. The summed E-state index contributed by atoms with van der Waals surface area (Å²) >= 11 is 7.54. The summed E-state index contributed by atoms with van der Waals surface area (Å²) in [4.78, 5) is 14.6. The molecule has 1 aliphatic heterocycles. The number of ether oxygens (including phenoxy) is 2. The van der Waals surface area contributed by atoms with Crippen LogP contribution in [0.5, 0.6) is 5.75 Å². The smallest absolute Gasteiger partial charge is 0.233 e. The van der Waals surface area contributed by atoms with E-state index in [2.05, 4.69) is 14.8 Å². The summed E-state index contributed by atoms with van der Waals surface area (Å²) in [6.45, 7) is 6.21. The molecule has 0 radical (unpaired) electrons. The SMILES string of the molecule is Cc1cc(Cl)ccc1OCc1nnc(SCC(=O)N2CCOC(C)C2)n1C1CCCCC1. The van der Waals surface area contributed by atoms with Crippen molar-refractivity contribution in [3.63, 3.8) is 0 Å². The van der Waals surface area contributed by atoms with Crippen LogP contribution in [0.3, 0.4) is 0 Å². The predicted molar refractivity (Wildman–Crippen MR) is 125 cm³/mol. The van der Waals surface area contributed by atoms with Gasteiger partial charge in [0.05, 0.1) is 18.5 Å². The number of nitrogens with zero attached hydrogens (tertiary/aromatic N) is 4. The minimum Gasteiger partial charge on any atom is -0.485 e. The average molecular weight is 479 g/mol. The molecule has 1 aliphatic carbocycles. The van der Waals surface area contributed by atoms with E-state index in [1.165, 1.54) is 31.0 Å². The highest BCUT2D eigenvalue weighted by Gasteiger charge is 2.26. The Kier molecular flexibility index (Phi) is 7.97. The standard InChI is InChI=1S/C23H31ClN4O3S/c1-16-12-18(24)8-9-20(16)31-14-21-25-26-23(28(21)19-6-4-3-5-7-19)32-15-22(29)27-10-11-30-17(2)13-27/h8-9,12,17,19H,3-7,10-11,13-15H2,1-2H3. The molecule has 1 amide bonds. The van der Waals surface area contributed by atoms with Gasteiger partial charge in [-0.25, -0.2) is 0 Å². The van der Waals surface area contributed by atoms with Gasteiger partial charge in [-0.05, 0) is 50.5 Å². The molecule has 1 atom stereocenters. The number of hydrogen-bond acceptors (Lipinski definition) is 6. The fourth-order valence-electron chi connectivity index (χ4n) is 4.39. The molecule has 2 heterocycles. The fourth-order valence-corrected chi connectivity index (χ4v) is 5.54. The van der Waals surface area contributed by atoms with E-state index in [1.54, 1.807) is 0 Å². The third kappa shape index (κ3) is 5.77. The Morgan fingerprint density at radius 2 is 2.09 bits per heavy atom. The molecule has 1 saturated heterocycles. The lowest BCUT2D eigenvalue weighted by Gasteiger charge is -2.31. The summed E-state index contributed by atoms with van der Waals surface area (Å²) in [5.74, 6) is 2.08. The molecule has 0 spiro atoms. The highest BCUT2D eigenvalue weighted by Crippen LogP contribution is 2.33. The van der Waals surface area contributed by atoms with Gasteiger partial charge >= 0.3 is 0 Å². The summed E-state index contributed by atoms with van der Waals surface area (Å²) < 4.78 is 13.8. The minimum atomic E-state index is 0.0867. The number of thioether (sulfide) groups is 1. The van der Waals surface area contributed by atoms with Crippen molar-refractivity contribution in [1.82, 2.24) is 19.7 Å². The van der Waals surface area contributed by atoms with Crippen LogP contribution in [0.1, 0.15) is 56.5 Å². The molecule has 1 aromatic carbocycles. The number of aryl methyl sites for hydroxylation is 1. The Morgan fingerprint density at radius 3 is 2.84 bits per heavy atom. The van der Waals surface area contributed by atoms with E-state index in [4.69, 9.17) is 21.1 Å². The molecular weight excluding hydrogens is 448 g/mol. The highest BCUT2D eigenvalue weighted by molar-refractivity contribution is 7.99. The van der Waals surface area contributed by atoms with Gasteiger partial charge in [0.2, 0.25) is 5.91 Å². The monoisotopic (exact) mass is 478 g/mol. The van der Waals surface area contributed by atoms with Gasteiger partial charge in [-0.2, -0.15) is 0 Å². The van der Waals surface area contributed by atoms with Crippen LogP contribution in [0.25, 0.3) is 0 Å². The van der Waals surface area contributed by atoms with Crippen molar-refractivity contribution in [3.8, 4) is 5.75 Å². The first-order chi connectivity index (χ1) is 15.5. The van der Waals surface area contributed by atoms with Crippen LogP contribution >= 0.6 is 23.4 Å². The molecule has 7 nitrogen and oxygen atoms in total. The van der Waals surface area contributed by atoms with Crippen molar-refractivity contribution in [2.75, 3.05) is 25.4 Å². The van der Waals surface area contributed by atoms with Gasteiger partial charge in [0, 0.05) is 24.2 Å². The molecule has 174 valence electrons. The first-order valence-corrected chi connectivity index (χ1v) is 12.7. The van der Waals surface area contributed by atoms with Gasteiger partial charge in [0.15, 0.2) is 11.0 Å². The van der Waals surface area contributed by atoms with Gasteiger partial charge < -0.3 is 14.4 Å². The molecule has 0 bridgehead atoms. The average Bonchev–Trinajstić information content (AvgIpc) is 3.20. The van der Waals surface area contributed by atoms with Crippen LogP contribution in [0.15, 0.2) is 23.4 Å². The summed E-state index contributed by atoms with van der Waals surface area (Å²) in [6, 6.07) is 5.96. The number of benzene rings is 1. The van der Waals surface area contributed by atoms with E-state index >= 15 is 0 Å². The second-order valence-electron chi connectivity index (χ2n) is 8.57. The van der Waals surface area contributed by atoms with Crippen LogP contribution in [-0.4, -0.2) is 57.1 Å². The van der Waals surface area contributed by atoms with Crippen molar-refractivity contribution in [2.45, 2.75) is 69.9 Å². The zero-order valence-electron chi connectivity index (χ0n) is 18.8. The van der Waals surface area contributed by atoms with Crippen molar-refractivity contribution in [3.05, 3.63) is 34.6 Å². The number of aromatic nitrogens is 3. The van der Waals surface area contributed by atoms with Crippen LogP contribution in [0.4, 0.5) is 0 Å². The normalized spacial score (nSPS) is 19.8. The second-order valence-corrected chi connectivity index (χ2v) is 9.95. The summed E-state index contributed by atoms with van der Waals surface area (Å²) in [5.41, 5.74) is 0.987. The van der Waals surface area contributed by atoms with Gasteiger partial charge in [0.25, 0.3) is 0 Å². The maximum atomic E-state index is 12.7. The zero-order chi connectivity index (χ0) is 22.5. The van der Waals surface area contributed by atoms with E-state index in [1.807, 2.05) is 36.9 Å². The van der Waals surface area contributed by atoms with Gasteiger partial charge in [-0.1, -0.05) is 42.6 Å². The van der Waals surface area contributed by atoms with Crippen LogP contribution in [-0.2, 0) is 16.1 Å². The fraction of sp³-hybridized carbons (Fsp3) is 0.609. The number of amides is 1. The van der Waals surface area contributed by atoms with E-state index in [0.29, 0.717) is 43.1 Å². The van der Waals surface area contributed by atoms with Crippen LogP contribution in [0.2, 0.25) is 5.02 Å². The van der Waals surface area contributed by atoms with Gasteiger partial charge in [-0.15, -0.1) is 10.2 Å². The largest absolute Gasteiger partial charge is 0.485 e. The lowest BCUT2D eigenvalue weighted by molar-refractivity contribution is -0.135. The van der Waals surface area contributed by atoms with Crippen molar-refractivity contribution < 1.29 is 14.3 Å². The van der Waals surface area contributed by atoms with E-state index in [9.17, 15) is 4.79 Å².